The average Bonchev–Trinajstić information content (AvgIpc) is 3.07. The van der Waals surface area contributed by atoms with Gasteiger partial charge in [-0.05, 0) is 78.4 Å². The SMILES string of the molecule is C1=CC2(CC2)[C@@H]2[C@@H]1[C@H]1[C@@H]3C[C@@H]3[C@H]2C12CC2. The molecule has 0 radical (unpaired) electrons. The van der Waals surface area contributed by atoms with E-state index in [1.54, 1.807) is 32.1 Å². The zero-order valence-electron chi connectivity index (χ0n) is 9.15. The van der Waals surface area contributed by atoms with E-state index in [0.717, 1.165) is 22.7 Å². The Morgan fingerprint density at radius 2 is 1.67 bits per heavy atom. The molecule has 0 aromatic heterocycles. The number of allylic oxidation sites excluding steroid dienone is 2. The molecule has 6 aliphatic rings. The van der Waals surface area contributed by atoms with Crippen LogP contribution >= 0.6 is 0 Å². The molecule has 6 atom stereocenters. The van der Waals surface area contributed by atoms with E-state index in [1.807, 2.05) is 0 Å². The first kappa shape index (κ1) is 7.14. The van der Waals surface area contributed by atoms with Crippen molar-refractivity contribution < 1.29 is 0 Å². The van der Waals surface area contributed by atoms with Gasteiger partial charge in [-0.25, -0.2) is 0 Å². The minimum Gasteiger partial charge on any atom is -0.0842 e. The van der Waals surface area contributed by atoms with Gasteiger partial charge in [0.15, 0.2) is 0 Å². The van der Waals surface area contributed by atoms with Gasteiger partial charge in [-0.3, -0.25) is 0 Å². The van der Waals surface area contributed by atoms with Gasteiger partial charge in [0.2, 0.25) is 0 Å². The van der Waals surface area contributed by atoms with Crippen LogP contribution in [0.3, 0.4) is 0 Å². The first-order valence-electron chi connectivity index (χ1n) is 7.05. The number of rotatable bonds is 0. The van der Waals surface area contributed by atoms with Gasteiger partial charge in [-0.15, -0.1) is 0 Å². The third-order valence-electron chi connectivity index (χ3n) is 7.33. The summed E-state index contributed by atoms with van der Waals surface area (Å²) in [6, 6.07) is 0. The number of hydrogen-bond donors (Lipinski definition) is 0. The van der Waals surface area contributed by atoms with Gasteiger partial charge in [-0.2, -0.15) is 0 Å². The second kappa shape index (κ2) is 1.65. The fourth-order valence-electron chi connectivity index (χ4n) is 6.74. The van der Waals surface area contributed by atoms with Crippen LogP contribution in [0.15, 0.2) is 12.2 Å². The molecule has 0 nitrogen and oxygen atoms in total. The molecule has 6 aliphatic carbocycles. The Morgan fingerprint density at radius 1 is 0.867 bits per heavy atom. The molecule has 78 valence electrons. The van der Waals surface area contributed by atoms with Gasteiger partial charge in [0.1, 0.15) is 0 Å². The molecule has 6 rings (SSSR count). The second-order valence-electron chi connectivity index (χ2n) is 7.54. The summed E-state index contributed by atoms with van der Waals surface area (Å²) >= 11 is 0. The fourth-order valence-corrected chi connectivity index (χ4v) is 6.74. The Balaban J connectivity index is 1.60. The molecule has 0 aliphatic heterocycles. The average molecular weight is 198 g/mol. The van der Waals surface area contributed by atoms with Gasteiger partial charge < -0.3 is 0 Å². The first-order chi connectivity index (χ1) is 7.36. The Bertz CT molecular complexity index is 410. The molecule has 0 unspecified atom stereocenters. The summed E-state index contributed by atoms with van der Waals surface area (Å²) in [5.41, 5.74) is 1.70. The summed E-state index contributed by atoms with van der Waals surface area (Å²) in [5, 5.41) is 0. The quantitative estimate of drug-likeness (QED) is 0.524. The van der Waals surface area contributed by atoms with E-state index in [4.69, 9.17) is 0 Å². The van der Waals surface area contributed by atoms with E-state index >= 15 is 0 Å². The maximum Gasteiger partial charge on any atom is -0.00806 e. The zero-order chi connectivity index (χ0) is 9.41. The highest BCUT2D eigenvalue weighted by Crippen LogP contribution is 2.88. The molecule has 2 spiro atoms. The topological polar surface area (TPSA) is 0 Å². The van der Waals surface area contributed by atoms with Crippen molar-refractivity contribution in [3.8, 4) is 0 Å². The normalized spacial score (nSPS) is 66.1. The number of hydrogen-bond acceptors (Lipinski definition) is 0. The van der Waals surface area contributed by atoms with Crippen molar-refractivity contribution in [1.29, 1.82) is 0 Å². The van der Waals surface area contributed by atoms with Crippen LogP contribution in [0.2, 0.25) is 0 Å². The largest absolute Gasteiger partial charge is 0.0842 e. The molecular formula is C15H18. The lowest BCUT2D eigenvalue weighted by Gasteiger charge is -2.29. The van der Waals surface area contributed by atoms with E-state index in [-0.39, 0.29) is 0 Å². The smallest absolute Gasteiger partial charge is 0.00806 e. The molecule has 2 bridgehead atoms. The van der Waals surface area contributed by atoms with Crippen LogP contribution in [0.4, 0.5) is 0 Å². The van der Waals surface area contributed by atoms with Crippen LogP contribution in [0, 0.1) is 46.3 Å². The van der Waals surface area contributed by atoms with Gasteiger partial charge in [0, 0.05) is 0 Å². The third-order valence-corrected chi connectivity index (χ3v) is 7.33. The summed E-state index contributed by atoms with van der Waals surface area (Å²) in [4.78, 5) is 0. The molecule has 0 amide bonds. The summed E-state index contributed by atoms with van der Waals surface area (Å²) in [6.07, 6.45) is 13.3. The van der Waals surface area contributed by atoms with Crippen molar-refractivity contribution in [3.63, 3.8) is 0 Å². The highest BCUT2D eigenvalue weighted by atomic mass is 14.9. The molecule has 0 aromatic rings. The zero-order valence-corrected chi connectivity index (χ0v) is 9.15. The van der Waals surface area contributed by atoms with Crippen LogP contribution in [0.25, 0.3) is 0 Å². The lowest BCUT2D eigenvalue weighted by molar-refractivity contribution is 0.196. The van der Waals surface area contributed by atoms with Crippen LogP contribution < -0.4 is 0 Å². The minimum atomic E-state index is 0.771. The molecule has 15 heavy (non-hydrogen) atoms. The van der Waals surface area contributed by atoms with Crippen LogP contribution in [0.5, 0.6) is 0 Å². The van der Waals surface area contributed by atoms with Gasteiger partial charge in [0.25, 0.3) is 0 Å². The van der Waals surface area contributed by atoms with Crippen molar-refractivity contribution in [2.24, 2.45) is 46.3 Å². The van der Waals surface area contributed by atoms with Gasteiger partial charge in [-0.1, -0.05) is 12.2 Å². The molecule has 0 heteroatoms. The van der Waals surface area contributed by atoms with Crippen molar-refractivity contribution in [3.05, 3.63) is 12.2 Å². The summed E-state index contributed by atoms with van der Waals surface area (Å²) in [5.74, 6) is 7.01. The predicted octanol–water partition coefficient (Wildman–Crippen LogP) is 3.24. The van der Waals surface area contributed by atoms with E-state index in [9.17, 15) is 0 Å². The van der Waals surface area contributed by atoms with Crippen molar-refractivity contribution in [2.45, 2.75) is 32.1 Å². The molecule has 0 saturated heterocycles. The van der Waals surface area contributed by atoms with E-state index in [1.165, 1.54) is 23.7 Å². The van der Waals surface area contributed by atoms with Crippen LogP contribution in [0.1, 0.15) is 32.1 Å². The molecule has 0 aromatic carbocycles. The Labute approximate surface area is 91.1 Å². The summed E-state index contributed by atoms with van der Waals surface area (Å²) < 4.78 is 0. The molecule has 0 N–H and O–H groups in total. The standard InChI is InChI=1S/C15H18/c1-2-14(3-4-14)12-8(1)11-9-7-10(9)13(12)15(11)5-6-15/h1-2,8-13H,3-7H2/t8-,9+,10-,11-,12+,13+/m0/s1. The highest BCUT2D eigenvalue weighted by Gasteiger charge is 2.82. The molecular weight excluding hydrogens is 180 g/mol. The first-order valence-corrected chi connectivity index (χ1v) is 7.05. The predicted molar refractivity (Wildman–Crippen MR) is 58.0 cm³/mol. The summed E-state index contributed by atoms with van der Waals surface area (Å²) in [6.45, 7) is 0. The third kappa shape index (κ3) is 0.531. The summed E-state index contributed by atoms with van der Waals surface area (Å²) in [7, 11) is 0. The van der Waals surface area contributed by atoms with Crippen LogP contribution in [-0.4, -0.2) is 0 Å². The fraction of sp³-hybridized carbons (Fsp3) is 0.867. The van der Waals surface area contributed by atoms with Gasteiger partial charge in [0.05, 0.1) is 0 Å². The monoisotopic (exact) mass is 198 g/mol. The van der Waals surface area contributed by atoms with Gasteiger partial charge >= 0.3 is 0 Å². The molecule has 5 fully saturated rings. The molecule has 0 heterocycles. The minimum absolute atomic E-state index is 0.771. The van der Waals surface area contributed by atoms with Crippen molar-refractivity contribution in [1.82, 2.24) is 0 Å². The lowest BCUT2D eigenvalue weighted by atomic mass is 9.75. The van der Waals surface area contributed by atoms with E-state index in [0.29, 0.717) is 0 Å². The van der Waals surface area contributed by atoms with Crippen molar-refractivity contribution >= 4 is 0 Å². The van der Waals surface area contributed by atoms with Crippen LogP contribution in [-0.2, 0) is 0 Å². The van der Waals surface area contributed by atoms with Crippen molar-refractivity contribution in [2.75, 3.05) is 0 Å². The van der Waals surface area contributed by atoms with E-state index in [2.05, 4.69) is 12.2 Å². The molecule has 5 saturated carbocycles. The maximum atomic E-state index is 2.68. The number of fused-ring (bicyclic) bond motifs is 7. The maximum absolute atomic E-state index is 2.68. The highest BCUT2D eigenvalue weighted by molar-refractivity contribution is 5.37. The Kier molecular flexibility index (Phi) is 0.787. The lowest BCUT2D eigenvalue weighted by Crippen LogP contribution is -2.25. The Hall–Kier alpha value is -0.260. The Morgan fingerprint density at radius 3 is 2.40 bits per heavy atom. The van der Waals surface area contributed by atoms with E-state index < -0.39 is 0 Å². The second-order valence-corrected chi connectivity index (χ2v) is 7.54.